The van der Waals surface area contributed by atoms with Crippen molar-refractivity contribution in [1.82, 2.24) is 15.3 Å². The third kappa shape index (κ3) is 4.47. The zero-order valence-electron chi connectivity index (χ0n) is 14.9. The molecule has 4 heteroatoms. The largest absolute Gasteiger partial charge is 0.352 e. The zero-order valence-corrected chi connectivity index (χ0v) is 14.9. The number of benzene rings is 2. The van der Waals surface area contributed by atoms with Gasteiger partial charge >= 0.3 is 0 Å². The summed E-state index contributed by atoms with van der Waals surface area (Å²) in [7, 11) is 0. The first-order valence-electron chi connectivity index (χ1n) is 8.94. The number of amides is 1. The Hall–Kier alpha value is -2.62. The van der Waals surface area contributed by atoms with Crippen molar-refractivity contribution >= 4 is 16.9 Å². The van der Waals surface area contributed by atoms with Crippen LogP contribution in [0.15, 0.2) is 42.5 Å². The molecule has 1 aromatic heterocycles. The number of aromatic nitrogens is 2. The van der Waals surface area contributed by atoms with Gasteiger partial charge in [0, 0.05) is 19.4 Å². The van der Waals surface area contributed by atoms with Gasteiger partial charge in [0.05, 0.1) is 11.0 Å². The second-order valence-corrected chi connectivity index (χ2v) is 6.49. The molecular weight excluding hydrogens is 310 g/mol. The Bertz CT molecular complexity index is 866. The van der Waals surface area contributed by atoms with Gasteiger partial charge < -0.3 is 10.3 Å². The molecule has 0 fully saturated rings. The van der Waals surface area contributed by atoms with Crippen molar-refractivity contribution in [2.24, 2.45) is 0 Å². The normalized spacial score (nSPS) is 11.0. The summed E-state index contributed by atoms with van der Waals surface area (Å²) in [5.41, 5.74) is 5.58. The molecule has 0 bridgehead atoms. The summed E-state index contributed by atoms with van der Waals surface area (Å²) in [6, 6.07) is 14.3. The van der Waals surface area contributed by atoms with E-state index in [1.54, 1.807) is 0 Å². The summed E-state index contributed by atoms with van der Waals surface area (Å²) in [5, 5.41) is 3.01. The fourth-order valence-corrected chi connectivity index (χ4v) is 2.97. The van der Waals surface area contributed by atoms with Gasteiger partial charge in [-0.3, -0.25) is 4.79 Å². The van der Waals surface area contributed by atoms with E-state index in [1.165, 1.54) is 5.56 Å². The lowest BCUT2D eigenvalue weighted by atomic mass is 10.1. The van der Waals surface area contributed by atoms with Gasteiger partial charge in [-0.2, -0.15) is 0 Å². The highest BCUT2D eigenvalue weighted by atomic mass is 16.1. The van der Waals surface area contributed by atoms with Crippen LogP contribution in [0.2, 0.25) is 0 Å². The Balaban J connectivity index is 1.54. The molecule has 0 spiro atoms. The van der Waals surface area contributed by atoms with E-state index < -0.39 is 0 Å². The molecule has 4 nitrogen and oxygen atoms in total. The Morgan fingerprint density at radius 3 is 2.80 bits per heavy atom. The monoisotopic (exact) mass is 335 g/mol. The average molecular weight is 335 g/mol. The Labute approximate surface area is 148 Å². The van der Waals surface area contributed by atoms with Crippen LogP contribution in [-0.2, 0) is 24.2 Å². The van der Waals surface area contributed by atoms with Crippen LogP contribution in [0.5, 0.6) is 0 Å². The predicted octanol–water partition coefficient (Wildman–Crippen LogP) is 4.07. The SMILES string of the molecule is CCCc1nc2ccc(CCC(=O)NCc3ccccc3C)cc2[nH]1. The molecule has 0 atom stereocenters. The van der Waals surface area contributed by atoms with Crippen LogP contribution in [0.3, 0.4) is 0 Å². The third-order valence-corrected chi connectivity index (χ3v) is 4.46. The summed E-state index contributed by atoms with van der Waals surface area (Å²) >= 11 is 0. The lowest BCUT2D eigenvalue weighted by Crippen LogP contribution is -2.23. The number of fused-ring (bicyclic) bond motifs is 1. The van der Waals surface area contributed by atoms with E-state index in [0.29, 0.717) is 13.0 Å². The standard InChI is InChI=1S/C21H25N3O/c1-3-6-20-23-18-11-9-16(13-19(18)24-20)10-12-21(25)22-14-17-8-5-4-7-15(17)2/h4-5,7-9,11,13H,3,6,10,12,14H2,1-2H3,(H,22,25)(H,23,24). The summed E-state index contributed by atoms with van der Waals surface area (Å²) in [6.45, 7) is 4.80. The van der Waals surface area contributed by atoms with Crippen LogP contribution in [0.4, 0.5) is 0 Å². The number of carbonyl (C=O) groups excluding carboxylic acids is 1. The molecule has 2 aromatic carbocycles. The molecule has 3 aromatic rings. The topological polar surface area (TPSA) is 57.8 Å². The van der Waals surface area contributed by atoms with E-state index in [1.807, 2.05) is 18.2 Å². The lowest BCUT2D eigenvalue weighted by Gasteiger charge is -2.08. The van der Waals surface area contributed by atoms with Crippen LogP contribution < -0.4 is 5.32 Å². The number of imidazole rings is 1. The van der Waals surface area contributed by atoms with E-state index in [-0.39, 0.29) is 5.91 Å². The van der Waals surface area contributed by atoms with E-state index in [9.17, 15) is 4.79 Å². The number of hydrogen-bond acceptors (Lipinski definition) is 2. The molecule has 130 valence electrons. The molecule has 0 aliphatic carbocycles. The number of H-pyrrole nitrogens is 1. The molecule has 25 heavy (non-hydrogen) atoms. The van der Waals surface area contributed by atoms with Crippen LogP contribution in [-0.4, -0.2) is 15.9 Å². The van der Waals surface area contributed by atoms with E-state index in [4.69, 9.17) is 0 Å². The van der Waals surface area contributed by atoms with Gasteiger partial charge in [0.25, 0.3) is 0 Å². The Morgan fingerprint density at radius 1 is 1.16 bits per heavy atom. The minimum absolute atomic E-state index is 0.0830. The van der Waals surface area contributed by atoms with Crippen molar-refractivity contribution in [3.05, 3.63) is 65.0 Å². The second kappa shape index (κ2) is 7.97. The minimum Gasteiger partial charge on any atom is -0.352 e. The first-order valence-corrected chi connectivity index (χ1v) is 8.94. The van der Waals surface area contributed by atoms with Gasteiger partial charge in [0.15, 0.2) is 0 Å². The van der Waals surface area contributed by atoms with Gasteiger partial charge in [0.1, 0.15) is 5.82 Å². The minimum atomic E-state index is 0.0830. The van der Waals surface area contributed by atoms with Gasteiger partial charge in [0.2, 0.25) is 5.91 Å². The van der Waals surface area contributed by atoms with Crippen LogP contribution in [0.1, 0.15) is 42.3 Å². The average Bonchev–Trinajstić information content (AvgIpc) is 3.01. The molecule has 0 aliphatic rings. The van der Waals surface area contributed by atoms with Crippen molar-refractivity contribution in [2.45, 2.75) is 46.1 Å². The molecule has 0 aliphatic heterocycles. The highest BCUT2D eigenvalue weighted by Crippen LogP contribution is 2.16. The number of aromatic amines is 1. The number of nitrogens with zero attached hydrogens (tertiary/aromatic N) is 1. The van der Waals surface area contributed by atoms with Gasteiger partial charge in [-0.05, 0) is 48.6 Å². The molecule has 0 radical (unpaired) electrons. The fraction of sp³-hybridized carbons (Fsp3) is 0.333. The second-order valence-electron chi connectivity index (χ2n) is 6.49. The molecule has 1 amide bonds. The number of nitrogens with one attached hydrogen (secondary N) is 2. The maximum absolute atomic E-state index is 12.1. The highest BCUT2D eigenvalue weighted by molar-refractivity contribution is 5.78. The van der Waals surface area contributed by atoms with Gasteiger partial charge in [-0.25, -0.2) is 4.98 Å². The smallest absolute Gasteiger partial charge is 0.220 e. The van der Waals surface area contributed by atoms with Crippen LogP contribution in [0, 0.1) is 6.92 Å². The summed E-state index contributed by atoms with van der Waals surface area (Å²) in [4.78, 5) is 20.1. The van der Waals surface area contributed by atoms with Crippen molar-refractivity contribution in [3.8, 4) is 0 Å². The van der Waals surface area contributed by atoms with Crippen LogP contribution >= 0.6 is 0 Å². The molecule has 0 saturated carbocycles. The summed E-state index contributed by atoms with van der Waals surface area (Å²) in [6.07, 6.45) is 3.27. The fourth-order valence-electron chi connectivity index (χ4n) is 2.97. The molecule has 3 rings (SSSR count). The van der Waals surface area contributed by atoms with E-state index in [0.717, 1.165) is 47.2 Å². The quantitative estimate of drug-likeness (QED) is 0.684. The maximum Gasteiger partial charge on any atom is 0.220 e. The number of rotatable bonds is 7. The van der Waals surface area contributed by atoms with Crippen molar-refractivity contribution in [2.75, 3.05) is 0 Å². The summed E-state index contributed by atoms with van der Waals surface area (Å²) in [5.74, 6) is 1.12. The molecule has 1 heterocycles. The van der Waals surface area contributed by atoms with Crippen molar-refractivity contribution < 1.29 is 4.79 Å². The predicted molar refractivity (Wildman–Crippen MR) is 101 cm³/mol. The molecular formula is C21H25N3O. The Kier molecular flexibility index (Phi) is 5.49. The van der Waals surface area contributed by atoms with Crippen molar-refractivity contribution in [3.63, 3.8) is 0 Å². The zero-order chi connectivity index (χ0) is 17.6. The molecule has 2 N–H and O–H groups in total. The maximum atomic E-state index is 12.1. The van der Waals surface area contributed by atoms with E-state index >= 15 is 0 Å². The van der Waals surface area contributed by atoms with Gasteiger partial charge in [-0.1, -0.05) is 37.3 Å². The number of aryl methyl sites for hydroxylation is 3. The van der Waals surface area contributed by atoms with Crippen LogP contribution in [0.25, 0.3) is 11.0 Å². The first kappa shape index (κ1) is 17.2. The highest BCUT2D eigenvalue weighted by Gasteiger charge is 2.06. The summed E-state index contributed by atoms with van der Waals surface area (Å²) < 4.78 is 0. The third-order valence-electron chi connectivity index (χ3n) is 4.46. The lowest BCUT2D eigenvalue weighted by molar-refractivity contribution is -0.121. The van der Waals surface area contributed by atoms with Gasteiger partial charge in [-0.15, -0.1) is 0 Å². The first-order chi connectivity index (χ1) is 12.2. The molecule has 0 unspecified atom stereocenters. The molecule has 0 saturated heterocycles. The van der Waals surface area contributed by atoms with Crippen molar-refractivity contribution in [1.29, 1.82) is 0 Å². The number of carbonyl (C=O) groups is 1. The Morgan fingerprint density at radius 2 is 2.00 bits per heavy atom. The van der Waals surface area contributed by atoms with E-state index in [2.05, 4.69) is 53.4 Å². The number of hydrogen-bond donors (Lipinski definition) is 2.